The van der Waals surface area contributed by atoms with Gasteiger partial charge in [0.25, 0.3) is 0 Å². The summed E-state index contributed by atoms with van der Waals surface area (Å²) in [5.41, 5.74) is 2.22. The molecule has 1 fully saturated rings. The van der Waals surface area contributed by atoms with E-state index in [-0.39, 0.29) is 13.2 Å². The highest BCUT2D eigenvalue weighted by Gasteiger charge is 2.42. The van der Waals surface area contributed by atoms with Crippen molar-refractivity contribution in [2.24, 2.45) is 0 Å². The first-order chi connectivity index (χ1) is 12.0. The number of hydrogen-bond donors (Lipinski definition) is 1. The molecule has 1 amide bonds. The second-order valence-corrected chi connectivity index (χ2v) is 6.15. The number of carbonyl (C=O) groups excluding carboxylic acids is 1. The van der Waals surface area contributed by atoms with Crippen LogP contribution in [0.1, 0.15) is 12.6 Å². The number of pyridine rings is 1. The molecule has 25 heavy (non-hydrogen) atoms. The Hall–Kier alpha value is -3.04. The molecule has 3 rings (SSSR count). The number of benzene rings is 1. The van der Waals surface area contributed by atoms with E-state index in [2.05, 4.69) is 11.1 Å². The SMILES string of the molecule is C#COc1cc(-c2ccc(C)nc2)ccc1N1CC(C)(CO)OC1=O. The quantitative estimate of drug-likeness (QED) is 0.868. The van der Waals surface area contributed by atoms with Crippen molar-refractivity contribution in [3.8, 4) is 29.4 Å². The summed E-state index contributed by atoms with van der Waals surface area (Å²) in [7, 11) is 0. The number of nitrogens with zero attached hydrogens (tertiary/aromatic N) is 2. The molecular weight excluding hydrogens is 320 g/mol. The van der Waals surface area contributed by atoms with Crippen LogP contribution < -0.4 is 9.64 Å². The van der Waals surface area contributed by atoms with Gasteiger partial charge in [0.05, 0.1) is 18.8 Å². The van der Waals surface area contributed by atoms with Crippen molar-refractivity contribution in [3.05, 3.63) is 42.2 Å². The van der Waals surface area contributed by atoms with Gasteiger partial charge in [-0.1, -0.05) is 18.6 Å². The molecule has 1 unspecified atom stereocenters. The molecule has 1 atom stereocenters. The Bertz CT molecular complexity index is 841. The Morgan fingerprint density at radius 3 is 2.76 bits per heavy atom. The van der Waals surface area contributed by atoms with Crippen LogP contribution in [0.5, 0.6) is 5.75 Å². The third-order valence-electron chi connectivity index (χ3n) is 4.05. The molecular formula is C19H18N2O4. The Morgan fingerprint density at radius 1 is 1.40 bits per heavy atom. The maximum atomic E-state index is 12.2. The molecule has 6 nitrogen and oxygen atoms in total. The van der Waals surface area contributed by atoms with E-state index in [0.717, 1.165) is 16.8 Å². The minimum Gasteiger partial charge on any atom is -0.438 e. The predicted octanol–water partition coefficient (Wildman–Crippen LogP) is 2.73. The van der Waals surface area contributed by atoms with Crippen LogP contribution in [0, 0.1) is 19.5 Å². The van der Waals surface area contributed by atoms with Crippen LogP contribution in [0.15, 0.2) is 36.5 Å². The number of amides is 1. The zero-order valence-corrected chi connectivity index (χ0v) is 14.0. The minimum absolute atomic E-state index is 0.203. The van der Waals surface area contributed by atoms with Gasteiger partial charge >= 0.3 is 6.09 Å². The first-order valence-corrected chi connectivity index (χ1v) is 7.77. The summed E-state index contributed by atoms with van der Waals surface area (Å²) >= 11 is 0. The Balaban J connectivity index is 1.99. The fourth-order valence-electron chi connectivity index (χ4n) is 2.66. The van der Waals surface area contributed by atoms with Crippen LogP contribution in [0.2, 0.25) is 0 Å². The number of cyclic esters (lactones) is 1. The summed E-state index contributed by atoms with van der Waals surface area (Å²) in [5.74, 6) is 0.361. The molecule has 1 aliphatic heterocycles. The van der Waals surface area contributed by atoms with E-state index in [4.69, 9.17) is 15.9 Å². The number of terminal acetylenes is 1. The molecule has 1 N–H and O–H groups in total. The van der Waals surface area contributed by atoms with Crippen molar-refractivity contribution >= 4 is 11.8 Å². The average Bonchev–Trinajstić information content (AvgIpc) is 2.91. The smallest absolute Gasteiger partial charge is 0.415 e. The van der Waals surface area contributed by atoms with Gasteiger partial charge in [0.2, 0.25) is 0 Å². The fraction of sp³-hybridized carbons (Fsp3) is 0.263. The summed E-state index contributed by atoms with van der Waals surface area (Å²) in [6, 6.07) is 9.21. The summed E-state index contributed by atoms with van der Waals surface area (Å²) in [5, 5.41) is 9.42. The lowest BCUT2D eigenvalue weighted by atomic mass is 10.1. The van der Waals surface area contributed by atoms with Crippen LogP contribution in [0.4, 0.5) is 10.5 Å². The third-order valence-corrected chi connectivity index (χ3v) is 4.05. The highest BCUT2D eigenvalue weighted by Crippen LogP contribution is 2.37. The molecule has 2 aromatic rings. The van der Waals surface area contributed by atoms with Gasteiger partial charge in [-0.2, -0.15) is 0 Å². The summed E-state index contributed by atoms with van der Waals surface area (Å²) in [6.45, 7) is 3.51. The molecule has 0 saturated carbocycles. The van der Waals surface area contributed by atoms with Gasteiger partial charge in [0.1, 0.15) is 6.11 Å². The molecule has 0 radical (unpaired) electrons. The van der Waals surface area contributed by atoms with Gasteiger partial charge in [0.15, 0.2) is 11.4 Å². The lowest BCUT2D eigenvalue weighted by Gasteiger charge is -2.19. The third kappa shape index (κ3) is 3.28. The maximum Gasteiger partial charge on any atom is 0.415 e. The normalized spacial score (nSPS) is 19.4. The van der Waals surface area contributed by atoms with E-state index in [1.165, 1.54) is 4.90 Å². The number of aromatic nitrogens is 1. The Labute approximate surface area is 146 Å². The highest BCUT2D eigenvalue weighted by molar-refractivity contribution is 5.93. The summed E-state index contributed by atoms with van der Waals surface area (Å²) in [6.07, 6.45) is 8.64. The standard InChI is InChI=1S/C19H18N2O4/c1-4-24-17-9-14(15-6-5-13(2)20-10-15)7-8-16(17)21-11-19(3,12-22)25-18(21)23/h1,5-10,22H,11-12H2,2-3H3. The van der Waals surface area contributed by atoms with Crippen molar-refractivity contribution in [2.45, 2.75) is 19.4 Å². The number of aliphatic hydroxyl groups is 1. The molecule has 1 aromatic heterocycles. The molecule has 0 aliphatic carbocycles. The van der Waals surface area contributed by atoms with Crippen LogP contribution in [-0.4, -0.2) is 34.9 Å². The van der Waals surface area contributed by atoms with Gasteiger partial charge < -0.3 is 14.6 Å². The van der Waals surface area contributed by atoms with E-state index in [0.29, 0.717) is 11.4 Å². The molecule has 1 aromatic carbocycles. The minimum atomic E-state index is -0.954. The highest BCUT2D eigenvalue weighted by atomic mass is 16.6. The van der Waals surface area contributed by atoms with Crippen LogP contribution in [0.25, 0.3) is 11.1 Å². The monoisotopic (exact) mass is 338 g/mol. The van der Waals surface area contributed by atoms with Crippen molar-refractivity contribution < 1.29 is 19.4 Å². The van der Waals surface area contributed by atoms with Crippen molar-refractivity contribution in [1.82, 2.24) is 4.98 Å². The van der Waals surface area contributed by atoms with Gasteiger partial charge in [-0.3, -0.25) is 9.88 Å². The van der Waals surface area contributed by atoms with Crippen LogP contribution >= 0.6 is 0 Å². The predicted molar refractivity (Wildman–Crippen MR) is 93.2 cm³/mol. The van der Waals surface area contributed by atoms with E-state index in [1.54, 1.807) is 25.3 Å². The van der Waals surface area contributed by atoms with E-state index in [1.807, 2.05) is 25.1 Å². The lowest BCUT2D eigenvalue weighted by molar-refractivity contribution is 0.0219. The first-order valence-electron chi connectivity index (χ1n) is 7.77. The zero-order chi connectivity index (χ0) is 18.0. The molecule has 6 heteroatoms. The number of ether oxygens (including phenoxy) is 2. The van der Waals surface area contributed by atoms with Crippen molar-refractivity contribution in [3.63, 3.8) is 0 Å². The largest absolute Gasteiger partial charge is 0.438 e. The fourth-order valence-corrected chi connectivity index (χ4v) is 2.66. The van der Waals surface area contributed by atoms with E-state index >= 15 is 0 Å². The number of rotatable bonds is 4. The average molecular weight is 338 g/mol. The van der Waals surface area contributed by atoms with Crippen molar-refractivity contribution in [1.29, 1.82) is 0 Å². The Morgan fingerprint density at radius 2 is 2.16 bits per heavy atom. The molecule has 0 bridgehead atoms. The van der Waals surface area contributed by atoms with Gasteiger partial charge in [-0.15, -0.1) is 0 Å². The van der Waals surface area contributed by atoms with Gasteiger partial charge in [-0.25, -0.2) is 4.79 Å². The maximum absolute atomic E-state index is 12.2. The van der Waals surface area contributed by atoms with Gasteiger partial charge in [-0.05, 0) is 37.6 Å². The molecule has 128 valence electrons. The number of anilines is 1. The summed E-state index contributed by atoms with van der Waals surface area (Å²) in [4.78, 5) is 17.9. The molecule has 0 spiro atoms. The number of aliphatic hydroxyl groups excluding tert-OH is 1. The number of aryl methyl sites for hydroxylation is 1. The number of carbonyl (C=O) groups is 1. The second-order valence-electron chi connectivity index (χ2n) is 6.15. The van der Waals surface area contributed by atoms with Gasteiger partial charge in [0, 0.05) is 17.5 Å². The number of hydrogen-bond acceptors (Lipinski definition) is 5. The van der Waals surface area contributed by atoms with Crippen LogP contribution in [-0.2, 0) is 4.74 Å². The zero-order valence-electron chi connectivity index (χ0n) is 14.0. The lowest BCUT2D eigenvalue weighted by Crippen LogP contribution is -2.34. The molecule has 1 aliphatic rings. The first kappa shape index (κ1) is 16.8. The summed E-state index contributed by atoms with van der Waals surface area (Å²) < 4.78 is 10.5. The van der Waals surface area contributed by atoms with Crippen LogP contribution in [0.3, 0.4) is 0 Å². The topological polar surface area (TPSA) is 71.9 Å². The van der Waals surface area contributed by atoms with Crippen molar-refractivity contribution in [2.75, 3.05) is 18.1 Å². The van der Waals surface area contributed by atoms with E-state index in [9.17, 15) is 9.90 Å². The second kappa shape index (κ2) is 6.46. The Kier molecular flexibility index (Phi) is 4.34. The van der Waals surface area contributed by atoms with E-state index < -0.39 is 11.7 Å². The molecule has 1 saturated heterocycles. The molecule has 2 heterocycles.